The summed E-state index contributed by atoms with van der Waals surface area (Å²) in [6, 6.07) is 12.0. The molecular formula is C19H15Cl2N3O4. The van der Waals surface area contributed by atoms with Gasteiger partial charge in [0.05, 0.1) is 34.8 Å². The highest BCUT2D eigenvalue weighted by Gasteiger charge is 2.16. The fraction of sp³-hybridized carbons (Fsp3) is 0.158. The van der Waals surface area contributed by atoms with Crippen LogP contribution in [0.2, 0.25) is 10.0 Å². The van der Waals surface area contributed by atoms with Crippen LogP contribution in [0.25, 0.3) is 22.9 Å². The molecule has 0 bridgehead atoms. The second-order valence-corrected chi connectivity index (χ2v) is 6.53. The first-order valence-electron chi connectivity index (χ1n) is 8.23. The molecule has 1 aromatic heterocycles. The molecule has 3 rings (SSSR count). The Morgan fingerprint density at radius 2 is 1.79 bits per heavy atom. The van der Waals surface area contributed by atoms with E-state index in [9.17, 15) is 9.59 Å². The predicted molar refractivity (Wildman–Crippen MR) is 105 cm³/mol. The first kappa shape index (κ1) is 19.9. The number of esters is 1. The van der Waals surface area contributed by atoms with Crippen LogP contribution < -0.4 is 5.32 Å². The average Bonchev–Trinajstić information content (AvgIpc) is 3.18. The first-order valence-corrected chi connectivity index (χ1v) is 8.98. The number of rotatable bonds is 6. The number of anilines is 1. The van der Waals surface area contributed by atoms with Gasteiger partial charge in [-0.3, -0.25) is 9.59 Å². The SMILES string of the molecule is COC(=O)CCC(=O)Nc1ccccc1-c1nnc(-c2ccc(Cl)c(Cl)c2)o1. The van der Waals surface area contributed by atoms with Gasteiger partial charge in [-0.2, -0.15) is 0 Å². The van der Waals surface area contributed by atoms with Crippen LogP contribution in [0, 0.1) is 0 Å². The molecule has 0 spiro atoms. The number of nitrogens with zero attached hydrogens (tertiary/aromatic N) is 2. The maximum atomic E-state index is 12.1. The molecule has 0 radical (unpaired) electrons. The molecule has 7 nitrogen and oxygen atoms in total. The molecule has 0 aliphatic heterocycles. The Balaban J connectivity index is 1.81. The van der Waals surface area contributed by atoms with Gasteiger partial charge in [0.2, 0.25) is 17.7 Å². The summed E-state index contributed by atoms with van der Waals surface area (Å²) in [4.78, 5) is 23.3. The Kier molecular flexibility index (Phi) is 6.28. The number of halogens is 2. The van der Waals surface area contributed by atoms with Crippen LogP contribution >= 0.6 is 23.2 Å². The van der Waals surface area contributed by atoms with Crippen molar-refractivity contribution in [2.75, 3.05) is 12.4 Å². The van der Waals surface area contributed by atoms with Crippen molar-refractivity contribution < 1.29 is 18.7 Å². The maximum Gasteiger partial charge on any atom is 0.306 e. The minimum atomic E-state index is -0.452. The van der Waals surface area contributed by atoms with Gasteiger partial charge in [0, 0.05) is 12.0 Å². The van der Waals surface area contributed by atoms with E-state index < -0.39 is 5.97 Å². The van der Waals surface area contributed by atoms with Crippen molar-refractivity contribution in [2.24, 2.45) is 0 Å². The molecule has 28 heavy (non-hydrogen) atoms. The van der Waals surface area contributed by atoms with Crippen molar-refractivity contribution in [1.29, 1.82) is 0 Å². The van der Waals surface area contributed by atoms with Gasteiger partial charge < -0.3 is 14.5 Å². The molecule has 1 heterocycles. The number of nitrogens with one attached hydrogen (secondary N) is 1. The van der Waals surface area contributed by atoms with Crippen molar-refractivity contribution in [3.05, 3.63) is 52.5 Å². The van der Waals surface area contributed by atoms with Gasteiger partial charge in [0.15, 0.2) is 0 Å². The number of carbonyl (C=O) groups excluding carboxylic acids is 2. The molecule has 0 saturated carbocycles. The van der Waals surface area contributed by atoms with Crippen LogP contribution in [0.1, 0.15) is 12.8 Å². The summed E-state index contributed by atoms with van der Waals surface area (Å²) in [6.45, 7) is 0. The Labute approximate surface area is 170 Å². The van der Waals surface area contributed by atoms with Crippen molar-refractivity contribution >= 4 is 40.8 Å². The molecule has 1 amide bonds. The quantitative estimate of drug-likeness (QED) is 0.586. The van der Waals surface area contributed by atoms with E-state index in [2.05, 4.69) is 20.3 Å². The number of methoxy groups -OCH3 is 1. The van der Waals surface area contributed by atoms with Crippen LogP contribution in [0.15, 0.2) is 46.9 Å². The first-order chi connectivity index (χ1) is 13.5. The van der Waals surface area contributed by atoms with E-state index in [-0.39, 0.29) is 30.5 Å². The molecule has 0 atom stereocenters. The summed E-state index contributed by atoms with van der Waals surface area (Å²) in [5.41, 5.74) is 1.65. The summed E-state index contributed by atoms with van der Waals surface area (Å²) in [5.74, 6) is -0.293. The zero-order chi connectivity index (χ0) is 20.1. The molecule has 2 aromatic carbocycles. The Hall–Kier alpha value is -2.90. The third kappa shape index (κ3) is 4.68. The second kappa shape index (κ2) is 8.86. The molecule has 144 valence electrons. The molecular weight excluding hydrogens is 405 g/mol. The van der Waals surface area contributed by atoms with Gasteiger partial charge in [-0.1, -0.05) is 35.3 Å². The highest BCUT2D eigenvalue weighted by molar-refractivity contribution is 6.42. The molecule has 9 heteroatoms. The van der Waals surface area contributed by atoms with Gasteiger partial charge in [-0.05, 0) is 30.3 Å². The van der Waals surface area contributed by atoms with E-state index in [4.69, 9.17) is 27.6 Å². The molecule has 3 aromatic rings. The molecule has 0 aliphatic carbocycles. The van der Waals surface area contributed by atoms with Gasteiger partial charge in [-0.15, -0.1) is 10.2 Å². The third-order valence-electron chi connectivity index (χ3n) is 3.81. The molecule has 0 fully saturated rings. The van der Waals surface area contributed by atoms with Crippen LogP contribution in [0.4, 0.5) is 5.69 Å². The van der Waals surface area contributed by atoms with Gasteiger partial charge in [-0.25, -0.2) is 0 Å². The number of ether oxygens (including phenoxy) is 1. The second-order valence-electron chi connectivity index (χ2n) is 5.71. The fourth-order valence-corrected chi connectivity index (χ4v) is 2.68. The largest absolute Gasteiger partial charge is 0.469 e. The monoisotopic (exact) mass is 419 g/mol. The van der Waals surface area contributed by atoms with E-state index in [1.807, 2.05) is 0 Å². The van der Waals surface area contributed by atoms with E-state index in [1.165, 1.54) is 7.11 Å². The molecule has 1 N–H and O–H groups in total. The normalized spacial score (nSPS) is 10.5. The number of carbonyl (C=O) groups is 2. The smallest absolute Gasteiger partial charge is 0.306 e. The fourth-order valence-electron chi connectivity index (χ4n) is 2.39. The molecule has 0 aliphatic rings. The van der Waals surface area contributed by atoms with E-state index in [1.54, 1.807) is 42.5 Å². The topological polar surface area (TPSA) is 94.3 Å². The van der Waals surface area contributed by atoms with Crippen molar-refractivity contribution in [3.63, 3.8) is 0 Å². The lowest BCUT2D eigenvalue weighted by Crippen LogP contribution is -2.14. The number of benzene rings is 2. The van der Waals surface area contributed by atoms with Gasteiger partial charge in [0.25, 0.3) is 0 Å². The van der Waals surface area contributed by atoms with E-state index in [0.717, 1.165) is 0 Å². The Bertz CT molecular complexity index is 1020. The summed E-state index contributed by atoms with van der Waals surface area (Å²) in [5, 5.41) is 11.6. The summed E-state index contributed by atoms with van der Waals surface area (Å²) >= 11 is 12.0. The summed E-state index contributed by atoms with van der Waals surface area (Å²) in [6.07, 6.45) is -0.00804. The summed E-state index contributed by atoms with van der Waals surface area (Å²) < 4.78 is 10.3. The van der Waals surface area contributed by atoms with Crippen LogP contribution in [0.5, 0.6) is 0 Å². The number of para-hydroxylation sites is 1. The number of aromatic nitrogens is 2. The van der Waals surface area contributed by atoms with Crippen molar-refractivity contribution in [2.45, 2.75) is 12.8 Å². The zero-order valence-corrected chi connectivity index (χ0v) is 16.3. The van der Waals surface area contributed by atoms with Crippen molar-refractivity contribution in [3.8, 4) is 22.9 Å². The highest BCUT2D eigenvalue weighted by Crippen LogP contribution is 2.32. The lowest BCUT2D eigenvalue weighted by Gasteiger charge is -2.08. The average molecular weight is 420 g/mol. The zero-order valence-electron chi connectivity index (χ0n) is 14.7. The van der Waals surface area contributed by atoms with Crippen LogP contribution in [-0.4, -0.2) is 29.2 Å². The minimum Gasteiger partial charge on any atom is -0.469 e. The van der Waals surface area contributed by atoms with E-state index >= 15 is 0 Å². The van der Waals surface area contributed by atoms with Crippen LogP contribution in [-0.2, 0) is 14.3 Å². The Morgan fingerprint density at radius 1 is 1.04 bits per heavy atom. The molecule has 0 unspecified atom stereocenters. The predicted octanol–water partition coefficient (Wildman–Crippen LogP) is 4.60. The van der Waals surface area contributed by atoms with Gasteiger partial charge >= 0.3 is 5.97 Å². The maximum absolute atomic E-state index is 12.1. The number of amides is 1. The summed E-state index contributed by atoms with van der Waals surface area (Å²) in [7, 11) is 1.27. The standard InChI is InChI=1S/C19H15Cl2N3O4/c1-27-17(26)9-8-16(25)22-15-5-3-2-4-12(15)19-24-23-18(28-19)11-6-7-13(20)14(21)10-11/h2-7,10H,8-9H2,1H3,(H,22,25). The van der Waals surface area contributed by atoms with Crippen LogP contribution in [0.3, 0.4) is 0 Å². The lowest BCUT2D eigenvalue weighted by molar-refractivity contribution is -0.141. The lowest BCUT2D eigenvalue weighted by atomic mass is 10.1. The third-order valence-corrected chi connectivity index (χ3v) is 4.55. The Morgan fingerprint density at radius 3 is 2.54 bits per heavy atom. The highest BCUT2D eigenvalue weighted by atomic mass is 35.5. The van der Waals surface area contributed by atoms with E-state index in [0.29, 0.717) is 26.9 Å². The van der Waals surface area contributed by atoms with Crippen molar-refractivity contribution in [1.82, 2.24) is 10.2 Å². The molecule has 0 saturated heterocycles. The van der Waals surface area contributed by atoms with Gasteiger partial charge in [0.1, 0.15) is 0 Å². The minimum absolute atomic E-state index is 0.000630. The number of hydrogen-bond acceptors (Lipinski definition) is 6. The number of hydrogen-bond donors (Lipinski definition) is 1.